The Kier molecular flexibility index (Phi) is 5.16. The summed E-state index contributed by atoms with van der Waals surface area (Å²) < 4.78 is 8.95. The Hall–Kier alpha value is -3.97. The third kappa shape index (κ3) is 4.04. The van der Waals surface area contributed by atoms with Crippen LogP contribution in [0.3, 0.4) is 0 Å². The zero-order valence-electron chi connectivity index (χ0n) is 16.8. The molecule has 1 aliphatic heterocycles. The van der Waals surface area contributed by atoms with Gasteiger partial charge in [-0.15, -0.1) is 10.2 Å². The van der Waals surface area contributed by atoms with Gasteiger partial charge in [-0.1, -0.05) is 6.07 Å². The van der Waals surface area contributed by atoms with E-state index in [1.807, 2.05) is 34.9 Å². The fourth-order valence-corrected chi connectivity index (χ4v) is 3.66. The van der Waals surface area contributed by atoms with Crippen LogP contribution in [0, 0.1) is 17.2 Å². The van der Waals surface area contributed by atoms with Gasteiger partial charge in [-0.3, -0.25) is 4.57 Å². The van der Waals surface area contributed by atoms with Crippen molar-refractivity contribution in [2.75, 3.05) is 30.4 Å². The van der Waals surface area contributed by atoms with Gasteiger partial charge in [0.2, 0.25) is 0 Å². The molecule has 0 aliphatic carbocycles. The fourth-order valence-electron chi connectivity index (χ4n) is 3.66. The van der Waals surface area contributed by atoms with Crippen molar-refractivity contribution >= 4 is 23.0 Å². The molecule has 1 saturated heterocycles. The first-order valence-electron chi connectivity index (χ1n) is 10.1. The standard InChI is InChI=1S/C21H21N9O/c22-10-16-12-26-30-20(23-11-15-4-6-31-7-5-15)9-19(28-21(16)30)27-17-2-1-3-18(8-17)29-13-24-25-14-29/h1-3,8-9,12-15,23H,4-7,11H2,(H,27,28). The van der Waals surface area contributed by atoms with E-state index in [1.165, 1.54) is 0 Å². The van der Waals surface area contributed by atoms with E-state index in [4.69, 9.17) is 4.74 Å². The minimum Gasteiger partial charge on any atom is -0.381 e. The summed E-state index contributed by atoms with van der Waals surface area (Å²) in [5, 5.41) is 28.3. The number of fused-ring (bicyclic) bond motifs is 1. The largest absolute Gasteiger partial charge is 0.381 e. The van der Waals surface area contributed by atoms with Crippen LogP contribution in [-0.4, -0.2) is 49.1 Å². The highest BCUT2D eigenvalue weighted by Gasteiger charge is 2.16. The lowest BCUT2D eigenvalue weighted by Crippen LogP contribution is -2.23. The summed E-state index contributed by atoms with van der Waals surface area (Å²) in [6.07, 6.45) is 6.90. The maximum absolute atomic E-state index is 9.46. The molecule has 10 nitrogen and oxygen atoms in total. The molecule has 0 radical (unpaired) electrons. The minimum atomic E-state index is 0.427. The number of ether oxygens (including phenoxy) is 1. The third-order valence-corrected chi connectivity index (χ3v) is 5.34. The van der Waals surface area contributed by atoms with Gasteiger partial charge in [0.05, 0.1) is 11.9 Å². The van der Waals surface area contributed by atoms with Crippen LogP contribution >= 0.6 is 0 Å². The zero-order chi connectivity index (χ0) is 21.0. The molecule has 3 aromatic heterocycles. The van der Waals surface area contributed by atoms with Crippen molar-refractivity contribution in [1.29, 1.82) is 5.26 Å². The molecule has 0 saturated carbocycles. The number of benzene rings is 1. The molecule has 1 aliphatic rings. The molecule has 2 N–H and O–H groups in total. The predicted molar refractivity (Wildman–Crippen MR) is 114 cm³/mol. The highest BCUT2D eigenvalue weighted by molar-refractivity contribution is 5.67. The summed E-state index contributed by atoms with van der Waals surface area (Å²) in [6.45, 7) is 2.41. The Bertz CT molecular complexity index is 1220. The van der Waals surface area contributed by atoms with E-state index in [1.54, 1.807) is 23.4 Å². The molecule has 0 unspecified atom stereocenters. The molecule has 0 atom stereocenters. The topological polar surface area (TPSA) is 118 Å². The number of hydrogen-bond donors (Lipinski definition) is 2. The van der Waals surface area contributed by atoms with Crippen LogP contribution in [0.4, 0.5) is 17.3 Å². The number of nitriles is 1. The van der Waals surface area contributed by atoms with Gasteiger partial charge in [-0.25, -0.2) is 4.98 Å². The van der Waals surface area contributed by atoms with Crippen LogP contribution < -0.4 is 10.6 Å². The molecule has 0 spiro atoms. The Morgan fingerprint density at radius 1 is 1.16 bits per heavy atom. The van der Waals surface area contributed by atoms with E-state index in [0.717, 1.165) is 49.8 Å². The molecule has 1 aromatic carbocycles. The second-order valence-corrected chi connectivity index (χ2v) is 7.41. The van der Waals surface area contributed by atoms with Crippen LogP contribution in [0.5, 0.6) is 0 Å². The van der Waals surface area contributed by atoms with Gasteiger partial charge in [0.1, 0.15) is 35.9 Å². The average molecular weight is 415 g/mol. The van der Waals surface area contributed by atoms with Gasteiger partial charge in [-0.2, -0.15) is 14.9 Å². The first kappa shape index (κ1) is 19.0. The maximum atomic E-state index is 9.46. The van der Waals surface area contributed by atoms with Crippen LogP contribution in [-0.2, 0) is 4.74 Å². The molecular formula is C21H21N9O. The predicted octanol–water partition coefficient (Wildman–Crippen LogP) is 2.76. The van der Waals surface area contributed by atoms with E-state index < -0.39 is 0 Å². The fraction of sp³-hybridized carbons (Fsp3) is 0.286. The highest BCUT2D eigenvalue weighted by atomic mass is 16.5. The van der Waals surface area contributed by atoms with Crippen molar-refractivity contribution < 1.29 is 4.74 Å². The molecule has 1 fully saturated rings. The monoisotopic (exact) mass is 415 g/mol. The first-order valence-corrected chi connectivity index (χ1v) is 10.1. The molecule has 4 aromatic rings. The van der Waals surface area contributed by atoms with Crippen molar-refractivity contribution in [2.45, 2.75) is 12.8 Å². The SMILES string of the molecule is N#Cc1cnn2c(NCC3CCOCC3)cc(Nc3cccc(-n4cnnc4)c3)nc12. The molecular weight excluding hydrogens is 394 g/mol. The second kappa shape index (κ2) is 8.41. The van der Waals surface area contributed by atoms with E-state index >= 15 is 0 Å². The van der Waals surface area contributed by atoms with Crippen molar-refractivity contribution in [3.63, 3.8) is 0 Å². The van der Waals surface area contributed by atoms with Crippen molar-refractivity contribution in [3.8, 4) is 11.8 Å². The number of aromatic nitrogens is 6. The normalized spacial score (nSPS) is 14.4. The van der Waals surface area contributed by atoms with Gasteiger partial charge in [0.25, 0.3) is 0 Å². The summed E-state index contributed by atoms with van der Waals surface area (Å²) in [4.78, 5) is 4.62. The van der Waals surface area contributed by atoms with Crippen molar-refractivity contribution in [2.24, 2.45) is 5.92 Å². The average Bonchev–Trinajstić information content (AvgIpc) is 3.49. The van der Waals surface area contributed by atoms with Crippen molar-refractivity contribution in [1.82, 2.24) is 29.4 Å². The second-order valence-electron chi connectivity index (χ2n) is 7.41. The molecule has 4 heterocycles. The number of anilines is 3. The van der Waals surface area contributed by atoms with E-state index in [-0.39, 0.29) is 0 Å². The summed E-state index contributed by atoms with van der Waals surface area (Å²) >= 11 is 0. The zero-order valence-corrected chi connectivity index (χ0v) is 16.8. The van der Waals surface area contributed by atoms with Gasteiger partial charge in [0, 0.05) is 31.5 Å². The van der Waals surface area contributed by atoms with Gasteiger partial charge in [0.15, 0.2) is 5.65 Å². The molecule has 31 heavy (non-hydrogen) atoms. The first-order chi connectivity index (χ1) is 15.3. The molecule has 5 rings (SSSR count). The van der Waals surface area contributed by atoms with Crippen LogP contribution in [0.2, 0.25) is 0 Å². The van der Waals surface area contributed by atoms with Crippen LogP contribution in [0.25, 0.3) is 11.3 Å². The molecule has 10 heteroatoms. The lowest BCUT2D eigenvalue weighted by molar-refractivity contribution is 0.0699. The Morgan fingerprint density at radius 2 is 2.00 bits per heavy atom. The number of nitrogens with one attached hydrogen (secondary N) is 2. The smallest absolute Gasteiger partial charge is 0.177 e. The number of rotatable bonds is 6. The van der Waals surface area contributed by atoms with Crippen LogP contribution in [0.1, 0.15) is 18.4 Å². The lowest BCUT2D eigenvalue weighted by Gasteiger charge is -2.23. The van der Waals surface area contributed by atoms with Gasteiger partial charge < -0.3 is 15.4 Å². The summed E-state index contributed by atoms with van der Waals surface area (Å²) in [7, 11) is 0. The van der Waals surface area contributed by atoms with Crippen LogP contribution in [0.15, 0.2) is 49.2 Å². The molecule has 0 amide bonds. The van der Waals surface area contributed by atoms with E-state index in [9.17, 15) is 5.26 Å². The Labute approximate surface area is 178 Å². The number of nitrogens with zero attached hydrogens (tertiary/aromatic N) is 7. The third-order valence-electron chi connectivity index (χ3n) is 5.34. The summed E-state index contributed by atoms with van der Waals surface area (Å²) in [6, 6.07) is 11.9. The van der Waals surface area contributed by atoms with E-state index in [0.29, 0.717) is 22.9 Å². The molecule has 156 valence electrons. The minimum absolute atomic E-state index is 0.427. The van der Waals surface area contributed by atoms with Gasteiger partial charge in [-0.05, 0) is 37.0 Å². The Balaban J connectivity index is 1.44. The number of hydrogen-bond acceptors (Lipinski definition) is 8. The quantitative estimate of drug-likeness (QED) is 0.494. The molecule has 0 bridgehead atoms. The highest BCUT2D eigenvalue weighted by Crippen LogP contribution is 2.24. The summed E-state index contributed by atoms with van der Waals surface area (Å²) in [5.74, 6) is 1.95. The van der Waals surface area contributed by atoms with Crippen molar-refractivity contribution in [3.05, 3.63) is 54.7 Å². The Morgan fingerprint density at radius 3 is 2.81 bits per heavy atom. The summed E-state index contributed by atoms with van der Waals surface area (Å²) in [5.41, 5.74) is 2.72. The van der Waals surface area contributed by atoms with E-state index in [2.05, 4.69) is 37.0 Å². The lowest BCUT2D eigenvalue weighted by atomic mass is 10.0. The maximum Gasteiger partial charge on any atom is 0.177 e. The van der Waals surface area contributed by atoms with Gasteiger partial charge >= 0.3 is 0 Å².